The highest BCUT2D eigenvalue weighted by Crippen LogP contribution is 2.13. The Balaban J connectivity index is 2.23. The Morgan fingerprint density at radius 3 is 3.00 bits per heavy atom. The van der Waals surface area contributed by atoms with Crippen molar-refractivity contribution in [2.75, 3.05) is 12.4 Å². The second-order valence-electron chi connectivity index (χ2n) is 4.01. The van der Waals surface area contributed by atoms with Crippen LogP contribution in [0, 0.1) is 5.92 Å². The first-order valence-electron chi connectivity index (χ1n) is 5.76. The van der Waals surface area contributed by atoms with Gasteiger partial charge in [0.25, 0.3) is 0 Å². The standard InChI is InChI=1S/C11H20N2O2S/c1-3-4-5-11-12-10(13-15-11)8-16-7-9(2)6-14/h9,14H,3-8H2,1-2H3. The molecule has 1 rings (SSSR count). The molecular weight excluding hydrogens is 224 g/mol. The van der Waals surface area contributed by atoms with E-state index >= 15 is 0 Å². The van der Waals surface area contributed by atoms with Crippen LogP contribution in [-0.4, -0.2) is 27.6 Å². The summed E-state index contributed by atoms with van der Waals surface area (Å²) in [4.78, 5) is 4.31. The fourth-order valence-electron chi connectivity index (χ4n) is 1.18. The second-order valence-corrected chi connectivity index (χ2v) is 5.04. The third-order valence-corrected chi connectivity index (χ3v) is 3.47. The average Bonchev–Trinajstić information content (AvgIpc) is 2.74. The third-order valence-electron chi connectivity index (χ3n) is 2.20. The average molecular weight is 244 g/mol. The van der Waals surface area contributed by atoms with Gasteiger partial charge in [0.05, 0.1) is 5.75 Å². The predicted octanol–water partition coefficient (Wildman–Crippen LogP) is 2.27. The van der Waals surface area contributed by atoms with Crippen LogP contribution in [-0.2, 0) is 12.2 Å². The molecule has 92 valence electrons. The van der Waals surface area contributed by atoms with Crippen LogP contribution in [0.25, 0.3) is 0 Å². The lowest BCUT2D eigenvalue weighted by Gasteiger charge is -2.04. The van der Waals surface area contributed by atoms with Gasteiger partial charge in [-0.25, -0.2) is 0 Å². The third kappa shape index (κ3) is 4.99. The van der Waals surface area contributed by atoms with Gasteiger partial charge in [-0.15, -0.1) is 0 Å². The normalized spacial score (nSPS) is 12.9. The molecule has 16 heavy (non-hydrogen) atoms. The van der Waals surface area contributed by atoms with Gasteiger partial charge in [0.2, 0.25) is 5.89 Å². The summed E-state index contributed by atoms with van der Waals surface area (Å²) in [6.45, 7) is 4.40. The molecule has 4 nitrogen and oxygen atoms in total. The van der Waals surface area contributed by atoms with Crippen LogP contribution in [0.15, 0.2) is 4.52 Å². The molecule has 0 amide bonds. The van der Waals surface area contributed by atoms with Gasteiger partial charge in [-0.2, -0.15) is 16.7 Å². The first kappa shape index (κ1) is 13.5. The summed E-state index contributed by atoms with van der Waals surface area (Å²) < 4.78 is 5.13. The van der Waals surface area contributed by atoms with E-state index in [1.54, 1.807) is 11.8 Å². The van der Waals surface area contributed by atoms with Crippen molar-refractivity contribution in [3.8, 4) is 0 Å². The largest absolute Gasteiger partial charge is 0.396 e. The SMILES string of the molecule is CCCCc1nc(CSCC(C)CO)no1. The zero-order chi connectivity index (χ0) is 11.8. The molecule has 5 heteroatoms. The van der Waals surface area contributed by atoms with E-state index in [0.717, 1.165) is 42.5 Å². The fourth-order valence-corrected chi connectivity index (χ4v) is 2.11. The summed E-state index contributed by atoms with van der Waals surface area (Å²) in [6, 6.07) is 0. The van der Waals surface area contributed by atoms with E-state index in [0.29, 0.717) is 5.92 Å². The molecule has 0 aromatic carbocycles. The fraction of sp³-hybridized carbons (Fsp3) is 0.818. The second kappa shape index (κ2) is 7.68. The molecule has 0 saturated carbocycles. The zero-order valence-electron chi connectivity index (χ0n) is 9.98. The van der Waals surface area contributed by atoms with Crippen LogP contribution in [0.1, 0.15) is 38.4 Å². The lowest BCUT2D eigenvalue weighted by atomic mass is 10.2. The summed E-state index contributed by atoms with van der Waals surface area (Å²) in [5, 5.41) is 12.8. The summed E-state index contributed by atoms with van der Waals surface area (Å²) >= 11 is 1.73. The number of thioether (sulfide) groups is 1. The molecule has 0 spiro atoms. The molecule has 0 aliphatic rings. The number of hydrogen-bond acceptors (Lipinski definition) is 5. The summed E-state index contributed by atoms with van der Waals surface area (Å²) in [5.41, 5.74) is 0. The van der Waals surface area contributed by atoms with Crippen molar-refractivity contribution in [2.24, 2.45) is 5.92 Å². The maximum atomic E-state index is 8.87. The highest BCUT2D eigenvalue weighted by molar-refractivity contribution is 7.98. The Morgan fingerprint density at radius 1 is 1.50 bits per heavy atom. The first-order valence-corrected chi connectivity index (χ1v) is 6.91. The van der Waals surface area contributed by atoms with Crippen molar-refractivity contribution in [2.45, 2.75) is 38.9 Å². The van der Waals surface area contributed by atoms with E-state index < -0.39 is 0 Å². The maximum Gasteiger partial charge on any atom is 0.226 e. The van der Waals surface area contributed by atoms with Gasteiger partial charge in [0.1, 0.15) is 0 Å². The van der Waals surface area contributed by atoms with Crippen LogP contribution < -0.4 is 0 Å². The molecule has 1 aromatic heterocycles. The zero-order valence-corrected chi connectivity index (χ0v) is 10.8. The summed E-state index contributed by atoms with van der Waals surface area (Å²) in [7, 11) is 0. The molecule has 1 atom stereocenters. The quantitative estimate of drug-likeness (QED) is 0.760. The highest BCUT2D eigenvalue weighted by atomic mass is 32.2. The number of nitrogens with zero attached hydrogens (tertiary/aromatic N) is 2. The number of aliphatic hydroxyl groups excluding tert-OH is 1. The Bertz CT molecular complexity index is 291. The van der Waals surface area contributed by atoms with Crippen LogP contribution in [0.5, 0.6) is 0 Å². The number of hydrogen-bond donors (Lipinski definition) is 1. The number of aliphatic hydroxyl groups is 1. The minimum atomic E-state index is 0.237. The van der Waals surface area contributed by atoms with E-state index in [1.807, 2.05) is 6.92 Å². The molecule has 1 heterocycles. The van der Waals surface area contributed by atoms with Crippen LogP contribution in [0.3, 0.4) is 0 Å². The molecule has 0 bridgehead atoms. The van der Waals surface area contributed by atoms with Crippen molar-refractivity contribution in [3.05, 3.63) is 11.7 Å². The maximum absolute atomic E-state index is 8.87. The smallest absolute Gasteiger partial charge is 0.226 e. The van der Waals surface area contributed by atoms with E-state index in [4.69, 9.17) is 9.63 Å². The van der Waals surface area contributed by atoms with Crippen LogP contribution in [0.2, 0.25) is 0 Å². The lowest BCUT2D eigenvalue weighted by Crippen LogP contribution is -2.03. The minimum absolute atomic E-state index is 0.237. The Morgan fingerprint density at radius 2 is 2.31 bits per heavy atom. The van der Waals surface area contributed by atoms with Gasteiger partial charge < -0.3 is 9.63 Å². The molecule has 0 aliphatic carbocycles. The van der Waals surface area contributed by atoms with Gasteiger partial charge >= 0.3 is 0 Å². The molecule has 0 saturated heterocycles. The number of unbranched alkanes of at least 4 members (excludes halogenated alkanes) is 1. The first-order chi connectivity index (χ1) is 7.76. The van der Waals surface area contributed by atoms with E-state index in [9.17, 15) is 0 Å². The monoisotopic (exact) mass is 244 g/mol. The van der Waals surface area contributed by atoms with Gasteiger partial charge in [-0.3, -0.25) is 0 Å². The molecule has 0 aliphatic heterocycles. The Labute approximate surface area is 101 Å². The van der Waals surface area contributed by atoms with Crippen molar-refractivity contribution in [1.29, 1.82) is 0 Å². The van der Waals surface area contributed by atoms with Gasteiger partial charge in [-0.05, 0) is 18.1 Å². The Hall–Kier alpha value is -0.550. The molecule has 1 unspecified atom stereocenters. The number of rotatable bonds is 8. The lowest BCUT2D eigenvalue weighted by molar-refractivity contribution is 0.250. The molecule has 1 aromatic rings. The predicted molar refractivity (Wildman–Crippen MR) is 65.3 cm³/mol. The van der Waals surface area contributed by atoms with Crippen molar-refractivity contribution in [1.82, 2.24) is 10.1 Å². The van der Waals surface area contributed by atoms with Crippen molar-refractivity contribution < 1.29 is 9.63 Å². The summed E-state index contributed by atoms with van der Waals surface area (Å²) in [5.74, 6) is 3.53. The van der Waals surface area contributed by atoms with Gasteiger partial charge in [0, 0.05) is 13.0 Å². The van der Waals surface area contributed by atoms with Crippen molar-refractivity contribution >= 4 is 11.8 Å². The minimum Gasteiger partial charge on any atom is -0.396 e. The molecule has 0 fully saturated rings. The highest BCUT2D eigenvalue weighted by Gasteiger charge is 2.07. The van der Waals surface area contributed by atoms with E-state index in [-0.39, 0.29) is 6.61 Å². The van der Waals surface area contributed by atoms with E-state index in [2.05, 4.69) is 17.1 Å². The summed E-state index contributed by atoms with van der Waals surface area (Å²) in [6.07, 6.45) is 3.11. The molecule has 0 radical (unpaired) electrons. The molecule has 1 N–H and O–H groups in total. The Kier molecular flexibility index (Phi) is 6.49. The molecular formula is C11H20N2O2S. The van der Waals surface area contributed by atoms with E-state index in [1.165, 1.54) is 0 Å². The van der Waals surface area contributed by atoms with Crippen molar-refractivity contribution in [3.63, 3.8) is 0 Å². The van der Waals surface area contributed by atoms with Crippen LogP contribution >= 0.6 is 11.8 Å². The van der Waals surface area contributed by atoms with Gasteiger partial charge in [0.15, 0.2) is 5.82 Å². The van der Waals surface area contributed by atoms with Gasteiger partial charge in [-0.1, -0.05) is 25.4 Å². The number of aromatic nitrogens is 2. The van der Waals surface area contributed by atoms with Crippen LogP contribution in [0.4, 0.5) is 0 Å². The number of aryl methyl sites for hydroxylation is 1. The topological polar surface area (TPSA) is 59.2 Å².